The highest BCUT2D eigenvalue weighted by Crippen LogP contribution is 2.80. The van der Waals surface area contributed by atoms with Gasteiger partial charge in [0.2, 0.25) is 0 Å². The second-order valence-electron chi connectivity index (χ2n) is 7.71. The molecule has 2 heterocycles. The third-order valence-corrected chi connectivity index (χ3v) is 13.1. The van der Waals surface area contributed by atoms with Crippen LogP contribution in [0.15, 0.2) is 13.5 Å². The molecule has 1 atom stereocenters. The van der Waals surface area contributed by atoms with E-state index >= 15 is 0 Å². The number of hydrogen-bond donors (Lipinski definition) is 0. The quantitative estimate of drug-likeness (QED) is 0.463. The van der Waals surface area contributed by atoms with Crippen LogP contribution in [-0.4, -0.2) is 57.8 Å². The summed E-state index contributed by atoms with van der Waals surface area (Å²) in [5.41, 5.74) is -1.23. The summed E-state index contributed by atoms with van der Waals surface area (Å²) >= 11 is 0. The summed E-state index contributed by atoms with van der Waals surface area (Å²) in [6.07, 6.45) is 0.661. The Morgan fingerprint density at radius 2 is 1.04 bits per heavy atom. The minimum Gasteiger partial charge on any atom is -0.310 e. The molecule has 0 bridgehead atoms. The van der Waals surface area contributed by atoms with Gasteiger partial charge >= 0.3 is 23.0 Å². The van der Waals surface area contributed by atoms with E-state index in [1.165, 1.54) is 35.5 Å². The molecule has 0 spiro atoms. The van der Waals surface area contributed by atoms with Gasteiger partial charge in [0.15, 0.2) is 0 Å². The van der Waals surface area contributed by atoms with E-state index < -0.39 is 34.1 Å². The first-order chi connectivity index (χ1) is 12.9. The van der Waals surface area contributed by atoms with Gasteiger partial charge in [0.25, 0.3) is 0 Å². The summed E-state index contributed by atoms with van der Waals surface area (Å²) in [5.74, 6) is 0. The van der Waals surface area contributed by atoms with Crippen LogP contribution in [-0.2, 0) is 32.3 Å². The molecule has 2 rings (SSSR count). The van der Waals surface area contributed by atoms with E-state index in [2.05, 4.69) is 13.5 Å². The molecule has 1 saturated heterocycles. The van der Waals surface area contributed by atoms with E-state index in [0.717, 1.165) is 5.06 Å². The van der Waals surface area contributed by atoms with E-state index in [1.54, 1.807) is 0 Å². The Bertz CT molecular complexity index is 710. The molecule has 1 fully saturated rings. The van der Waals surface area contributed by atoms with Crippen LogP contribution in [0.4, 0.5) is 0 Å². The zero-order valence-electron chi connectivity index (χ0n) is 18.0. The van der Waals surface area contributed by atoms with E-state index in [4.69, 9.17) is 27.1 Å². The smallest absolute Gasteiger partial charge is 0.310 e. The Morgan fingerprint density at radius 1 is 0.714 bits per heavy atom. The third kappa shape index (κ3) is 4.66. The molecule has 0 N–H and O–H groups in total. The van der Waals surface area contributed by atoms with E-state index in [9.17, 15) is 5.21 Å². The van der Waals surface area contributed by atoms with E-state index in [1.807, 2.05) is 27.7 Å². The van der Waals surface area contributed by atoms with Crippen molar-refractivity contribution in [1.82, 2.24) is 5.06 Å². The molecular weight excluding hydrogens is 429 g/mol. The second-order valence-corrected chi connectivity index (χ2v) is 14.8. The van der Waals surface area contributed by atoms with Crippen molar-refractivity contribution >= 4 is 23.0 Å². The van der Waals surface area contributed by atoms with Crippen LogP contribution in [0.5, 0.6) is 0 Å². The lowest BCUT2D eigenvalue weighted by Crippen LogP contribution is -2.59. The molecule has 0 aliphatic carbocycles. The van der Waals surface area contributed by atoms with Crippen LogP contribution >= 0.6 is 23.0 Å². The third-order valence-electron chi connectivity index (χ3n) is 4.71. The highest BCUT2D eigenvalue weighted by atomic mass is 31.3. The standard InChI is InChI=1S/C14H32N4O7P3/c1-13(2)10-12(11-14(3,4)18(13)19)25-28(24-9)16-26(20-5,21-6)15-27(17-28,22-7)23-8/h12H,10-11H2,1-9H3. The lowest BCUT2D eigenvalue weighted by atomic mass is 9.80. The lowest BCUT2D eigenvalue weighted by molar-refractivity contribution is -0.296. The molecule has 1 unspecified atom stereocenters. The largest absolute Gasteiger partial charge is 0.349 e. The van der Waals surface area contributed by atoms with Crippen molar-refractivity contribution in [2.45, 2.75) is 57.7 Å². The summed E-state index contributed by atoms with van der Waals surface area (Å²) < 4.78 is 47.7. The van der Waals surface area contributed by atoms with Gasteiger partial charge in [-0.05, 0) is 40.5 Å². The monoisotopic (exact) mass is 461 g/mol. The molecule has 28 heavy (non-hydrogen) atoms. The predicted molar refractivity (Wildman–Crippen MR) is 108 cm³/mol. The maximum absolute atomic E-state index is 12.7. The SMILES string of the molecule is COP1(OC)=NP(OC)(OC)=NP(OC)(OC2CC(C)(C)N([O])C(C)(C)C2)=N1. The first-order valence-corrected chi connectivity index (χ1v) is 13.3. The van der Waals surface area contributed by atoms with Crippen LogP contribution in [0.25, 0.3) is 0 Å². The molecular formula is C14H32N4O7P3. The first kappa shape index (κ1) is 24.6. The van der Waals surface area contributed by atoms with Gasteiger partial charge in [-0.3, -0.25) is 0 Å². The van der Waals surface area contributed by atoms with Crippen molar-refractivity contribution in [2.24, 2.45) is 13.5 Å². The molecule has 165 valence electrons. The highest BCUT2D eigenvalue weighted by molar-refractivity contribution is 7.78. The molecule has 11 nitrogen and oxygen atoms in total. The van der Waals surface area contributed by atoms with Crippen molar-refractivity contribution in [2.75, 3.05) is 35.5 Å². The maximum Gasteiger partial charge on any atom is 0.349 e. The summed E-state index contributed by atoms with van der Waals surface area (Å²) in [7, 11) is -2.21. The van der Waals surface area contributed by atoms with Crippen LogP contribution in [0.3, 0.4) is 0 Å². The molecule has 2 aliphatic rings. The van der Waals surface area contributed by atoms with Crippen molar-refractivity contribution in [3.8, 4) is 0 Å². The Labute approximate surface area is 167 Å². The number of piperidine rings is 1. The predicted octanol–water partition coefficient (Wildman–Crippen LogP) is 5.45. The number of hydroxylamine groups is 2. The van der Waals surface area contributed by atoms with Crippen molar-refractivity contribution in [1.29, 1.82) is 0 Å². The fraction of sp³-hybridized carbons (Fsp3) is 1.00. The van der Waals surface area contributed by atoms with Gasteiger partial charge in [-0.2, -0.15) is 0 Å². The number of hydrogen-bond acceptors (Lipinski definition) is 10. The number of rotatable bonds is 7. The lowest BCUT2D eigenvalue weighted by Gasteiger charge is -2.50. The van der Waals surface area contributed by atoms with Gasteiger partial charge < -0.3 is 27.1 Å². The highest BCUT2D eigenvalue weighted by Gasteiger charge is 2.49. The fourth-order valence-corrected chi connectivity index (χ4v) is 12.5. The first-order valence-electron chi connectivity index (χ1n) is 8.73. The van der Waals surface area contributed by atoms with Crippen molar-refractivity contribution in [3.05, 3.63) is 0 Å². The van der Waals surface area contributed by atoms with Crippen LogP contribution in [0, 0.1) is 0 Å². The summed E-state index contributed by atoms with van der Waals surface area (Å²) in [4.78, 5) is 0. The molecule has 0 aromatic carbocycles. The Balaban J connectivity index is 2.56. The van der Waals surface area contributed by atoms with Crippen molar-refractivity contribution < 1.29 is 32.3 Å². The minimum absolute atomic E-state index is 0.319. The zero-order chi connectivity index (χ0) is 21.4. The minimum atomic E-state index is -3.25. The summed E-state index contributed by atoms with van der Waals surface area (Å²) in [6, 6.07) is 0. The van der Waals surface area contributed by atoms with Gasteiger partial charge in [0, 0.05) is 46.6 Å². The second kappa shape index (κ2) is 8.48. The average Bonchev–Trinajstić information content (AvgIpc) is 2.65. The van der Waals surface area contributed by atoms with Gasteiger partial charge in [-0.15, -0.1) is 23.8 Å². The van der Waals surface area contributed by atoms with Crippen LogP contribution in [0.2, 0.25) is 0 Å². The fourth-order valence-electron chi connectivity index (χ4n) is 3.52. The molecule has 0 aromatic heterocycles. The van der Waals surface area contributed by atoms with E-state index in [-0.39, 0.29) is 6.10 Å². The average molecular weight is 461 g/mol. The van der Waals surface area contributed by atoms with Crippen LogP contribution < -0.4 is 0 Å². The Hall–Kier alpha value is 0.370. The molecule has 0 amide bonds. The molecule has 2 aliphatic heterocycles. The van der Waals surface area contributed by atoms with Gasteiger partial charge in [0.1, 0.15) is 0 Å². The van der Waals surface area contributed by atoms with Crippen molar-refractivity contribution in [3.63, 3.8) is 0 Å². The Kier molecular flexibility index (Phi) is 7.46. The van der Waals surface area contributed by atoms with Gasteiger partial charge in [-0.25, -0.2) is 0 Å². The van der Waals surface area contributed by atoms with Gasteiger partial charge in [-0.1, -0.05) is 0 Å². The molecule has 14 heteroatoms. The number of nitrogens with zero attached hydrogens (tertiary/aromatic N) is 4. The molecule has 1 radical (unpaired) electrons. The molecule has 0 aromatic rings. The molecule has 0 saturated carbocycles. The summed E-state index contributed by atoms with van der Waals surface area (Å²) in [6.45, 7) is 7.57. The van der Waals surface area contributed by atoms with Gasteiger partial charge in [0.05, 0.1) is 6.10 Å². The Morgan fingerprint density at radius 3 is 1.39 bits per heavy atom. The summed E-state index contributed by atoms with van der Waals surface area (Å²) in [5, 5.41) is 13.8. The maximum atomic E-state index is 12.7. The zero-order valence-corrected chi connectivity index (χ0v) is 20.7. The van der Waals surface area contributed by atoms with Crippen LogP contribution in [0.1, 0.15) is 40.5 Å². The van der Waals surface area contributed by atoms with E-state index in [0.29, 0.717) is 12.8 Å². The topological polar surface area (TPSA) is 116 Å². The normalized spacial score (nSPS) is 31.5.